The van der Waals surface area contributed by atoms with Gasteiger partial charge in [0.05, 0.1) is 12.8 Å². The van der Waals surface area contributed by atoms with Crippen molar-refractivity contribution in [3.8, 4) is 11.5 Å². The highest BCUT2D eigenvalue weighted by Gasteiger charge is 2.08. The van der Waals surface area contributed by atoms with Gasteiger partial charge < -0.3 is 14.8 Å². The van der Waals surface area contributed by atoms with Crippen LogP contribution in [0.25, 0.3) is 0 Å². The number of hydrogen-bond acceptors (Lipinski definition) is 3. The van der Waals surface area contributed by atoms with Gasteiger partial charge in [-0.2, -0.15) is 0 Å². The van der Waals surface area contributed by atoms with E-state index >= 15 is 0 Å². The van der Waals surface area contributed by atoms with E-state index in [0.717, 1.165) is 12.0 Å². The summed E-state index contributed by atoms with van der Waals surface area (Å²) >= 11 is 0. The molecule has 0 unspecified atom stereocenters. The molecule has 1 amide bonds. The van der Waals surface area contributed by atoms with Crippen LogP contribution in [0.3, 0.4) is 0 Å². The number of carbonyl (C=O) groups excluding carboxylic acids is 1. The molecule has 1 N–H and O–H groups in total. The molecule has 22 heavy (non-hydrogen) atoms. The van der Waals surface area contributed by atoms with Crippen LogP contribution in [0.2, 0.25) is 0 Å². The van der Waals surface area contributed by atoms with Crippen LogP contribution in [0, 0.1) is 6.92 Å². The molecule has 0 radical (unpaired) electrons. The Hall–Kier alpha value is -2.49. The zero-order chi connectivity index (χ0) is 15.9. The standard InChI is InChI=1S/C18H21NO3/c1-4-14-6-8-15(9-7-14)22-12-18(20)19-16-11-13(2)5-10-17(16)21-3/h5-11H,4,12H2,1-3H3,(H,19,20). The Morgan fingerprint density at radius 3 is 2.50 bits per heavy atom. The minimum atomic E-state index is -0.219. The first-order valence-corrected chi connectivity index (χ1v) is 7.28. The highest BCUT2D eigenvalue weighted by Crippen LogP contribution is 2.25. The SMILES string of the molecule is CCc1ccc(OCC(=O)Nc2cc(C)ccc2OC)cc1. The lowest BCUT2D eigenvalue weighted by molar-refractivity contribution is -0.118. The van der Waals surface area contributed by atoms with Gasteiger partial charge >= 0.3 is 0 Å². The van der Waals surface area contributed by atoms with Crippen LogP contribution in [0.4, 0.5) is 5.69 Å². The van der Waals surface area contributed by atoms with E-state index in [9.17, 15) is 4.79 Å². The molecule has 0 heterocycles. The van der Waals surface area contributed by atoms with E-state index in [1.807, 2.05) is 49.4 Å². The predicted molar refractivity (Wildman–Crippen MR) is 87.7 cm³/mol. The number of carbonyl (C=O) groups is 1. The molecule has 116 valence electrons. The smallest absolute Gasteiger partial charge is 0.262 e. The molecule has 0 aliphatic heterocycles. The molecule has 0 fully saturated rings. The number of methoxy groups -OCH3 is 1. The van der Waals surface area contributed by atoms with Crippen LogP contribution in [0.15, 0.2) is 42.5 Å². The summed E-state index contributed by atoms with van der Waals surface area (Å²) in [5, 5.41) is 2.81. The summed E-state index contributed by atoms with van der Waals surface area (Å²) in [4.78, 5) is 12.0. The number of nitrogens with one attached hydrogen (secondary N) is 1. The lowest BCUT2D eigenvalue weighted by atomic mass is 10.2. The largest absolute Gasteiger partial charge is 0.495 e. The van der Waals surface area contributed by atoms with Crippen LogP contribution < -0.4 is 14.8 Å². The third-order valence-electron chi connectivity index (χ3n) is 3.33. The fraction of sp³-hybridized carbons (Fsp3) is 0.278. The monoisotopic (exact) mass is 299 g/mol. The summed E-state index contributed by atoms with van der Waals surface area (Å²) in [6.07, 6.45) is 0.980. The van der Waals surface area contributed by atoms with Crippen molar-refractivity contribution in [2.45, 2.75) is 20.3 Å². The Bertz CT molecular complexity index is 635. The Balaban J connectivity index is 1.94. The molecule has 0 spiro atoms. The number of amides is 1. The number of rotatable bonds is 6. The highest BCUT2D eigenvalue weighted by molar-refractivity contribution is 5.93. The number of hydrogen-bond donors (Lipinski definition) is 1. The summed E-state index contributed by atoms with van der Waals surface area (Å²) in [6.45, 7) is 4.02. The molecule has 2 aromatic carbocycles. The Kier molecular flexibility index (Phi) is 5.42. The molecular formula is C18H21NO3. The number of benzene rings is 2. The van der Waals surface area contributed by atoms with Gasteiger partial charge in [0.2, 0.25) is 0 Å². The quantitative estimate of drug-likeness (QED) is 0.887. The summed E-state index contributed by atoms with van der Waals surface area (Å²) in [7, 11) is 1.58. The second kappa shape index (κ2) is 7.50. The van der Waals surface area contributed by atoms with Crippen LogP contribution in [0.1, 0.15) is 18.1 Å². The maximum absolute atomic E-state index is 12.0. The van der Waals surface area contributed by atoms with E-state index < -0.39 is 0 Å². The Morgan fingerprint density at radius 1 is 1.14 bits per heavy atom. The average Bonchev–Trinajstić information content (AvgIpc) is 2.53. The van der Waals surface area contributed by atoms with Crippen molar-refractivity contribution in [2.24, 2.45) is 0 Å². The normalized spacial score (nSPS) is 10.1. The van der Waals surface area contributed by atoms with Crippen molar-refractivity contribution in [3.05, 3.63) is 53.6 Å². The van der Waals surface area contributed by atoms with Gasteiger partial charge in [0.1, 0.15) is 11.5 Å². The fourth-order valence-electron chi connectivity index (χ4n) is 2.08. The summed E-state index contributed by atoms with van der Waals surface area (Å²) in [5.41, 5.74) is 2.94. The number of aryl methyl sites for hydroxylation is 2. The molecule has 2 aromatic rings. The summed E-state index contributed by atoms with van der Waals surface area (Å²) < 4.78 is 10.7. The van der Waals surface area contributed by atoms with Crippen LogP contribution >= 0.6 is 0 Å². The lowest BCUT2D eigenvalue weighted by Crippen LogP contribution is -2.20. The van der Waals surface area contributed by atoms with E-state index in [-0.39, 0.29) is 12.5 Å². The first-order chi connectivity index (χ1) is 10.6. The second-order valence-electron chi connectivity index (χ2n) is 5.04. The van der Waals surface area contributed by atoms with Gasteiger partial charge in [0.25, 0.3) is 5.91 Å². The summed E-state index contributed by atoms with van der Waals surface area (Å²) in [6, 6.07) is 13.4. The molecule has 4 nitrogen and oxygen atoms in total. The second-order valence-corrected chi connectivity index (χ2v) is 5.04. The molecule has 0 saturated heterocycles. The fourth-order valence-corrected chi connectivity index (χ4v) is 2.08. The van der Waals surface area contributed by atoms with Crippen molar-refractivity contribution in [1.82, 2.24) is 0 Å². The first kappa shape index (κ1) is 15.9. The maximum Gasteiger partial charge on any atom is 0.262 e. The van der Waals surface area contributed by atoms with Gasteiger partial charge in [-0.25, -0.2) is 0 Å². The Morgan fingerprint density at radius 2 is 1.86 bits per heavy atom. The third-order valence-corrected chi connectivity index (χ3v) is 3.33. The van der Waals surface area contributed by atoms with Gasteiger partial charge in [-0.15, -0.1) is 0 Å². The Labute approximate surface area is 131 Å². The minimum Gasteiger partial charge on any atom is -0.495 e. The molecule has 4 heteroatoms. The average molecular weight is 299 g/mol. The van der Waals surface area contributed by atoms with E-state index in [4.69, 9.17) is 9.47 Å². The molecule has 0 atom stereocenters. The van der Waals surface area contributed by atoms with E-state index in [0.29, 0.717) is 17.2 Å². The van der Waals surface area contributed by atoms with Crippen LogP contribution in [0.5, 0.6) is 11.5 Å². The number of anilines is 1. The van der Waals surface area contributed by atoms with E-state index in [1.165, 1.54) is 5.56 Å². The van der Waals surface area contributed by atoms with E-state index in [1.54, 1.807) is 7.11 Å². The minimum absolute atomic E-state index is 0.0391. The van der Waals surface area contributed by atoms with Crippen molar-refractivity contribution >= 4 is 11.6 Å². The molecule has 0 bridgehead atoms. The lowest BCUT2D eigenvalue weighted by Gasteiger charge is -2.11. The van der Waals surface area contributed by atoms with Gasteiger partial charge in [-0.3, -0.25) is 4.79 Å². The van der Waals surface area contributed by atoms with Gasteiger partial charge in [-0.1, -0.05) is 25.1 Å². The van der Waals surface area contributed by atoms with Crippen molar-refractivity contribution in [1.29, 1.82) is 0 Å². The zero-order valence-electron chi connectivity index (χ0n) is 13.2. The molecule has 0 saturated carbocycles. The number of ether oxygens (including phenoxy) is 2. The molecule has 0 aliphatic rings. The summed E-state index contributed by atoms with van der Waals surface area (Å²) in [5.74, 6) is 1.10. The molecule has 0 aromatic heterocycles. The third kappa shape index (κ3) is 4.25. The van der Waals surface area contributed by atoms with Gasteiger partial charge in [-0.05, 0) is 48.7 Å². The van der Waals surface area contributed by atoms with Gasteiger partial charge in [0, 0.05) is 0 Å². The molecule has 2 rings (SSSR count). The van der Waals surface area contributed by atoms with Crippen LogP contribution in [-0.2, 0) is 11.2 Å². The first-order valence-electron chi connectivity index (χ1n) is 7.28. The highest BCUT2D eigenvalue weighted by atomic mass is 16.5. The van der Waals surface area contributed by atoms with Crippen LogP contribution in [-0.4, -0.2) is 19.6 Å². The van der Waals surface area contributed by atoms with Crippen molar-refractivity contribution < 1.29 is 14.3 Å². The van der Waals surface area contributed by atoms with E-state index in [2.05, 4.69) is 12.2 Å². The zero-order valence-corrected chi connectivity index (χ0v) is 13.2. The van der Waals surface area contributed by atoms with Crippen molar-refractivity contribution in [2.75, 3.05) is 19.0 Å². The van der Waals surface area contributed by atoms with Gasteiger partial charge in [0.15, 0.2) is 6.61 Å². The van der Waals surface area contributed by atoms with Crippen molar-refractivity contribution in [3.63, 3.8) is 0 Å². The maximum atomic E-state index is 12.0. The molecular weight excluding hydrogens is 278 g/mol. The topological polar surface area (TPSA) is 47.6 Å². The molecule has 0 aliphatic carbocycles. The predicted octanol–water partition coefficient (Wildman–Crippen LogP) is 3.58.